The summed E-state index contributed by atoms with van der Waals surface area (Å²) >= 11 is 9.64. The Morgan fingerprint density at radius 3 is 2.32 bits per heavy atom. The molecular weight excluding hydrogens is 512 g/mol. The third-order valence-corrected chi connectivity index (χ3v) is 7.13. The number of amidine groups is 1. The maximum absolute atomic E-state index is 13.4. The zero-order valence-electron chi connectivity index (χ0n) is 18.3. The Bertz CT molecular complexity index is 1330. The highest BCUT2D eigenvalue weighted by Crippen LogP contribution is 2.48. The zero-order chi connectivity index (χ0) is 23.8. The van der Waals surface area contributed by atoms with Crippen LogP contribution in [0.2, 0.25) is 5.02 Å². The first kappa shape index (κ1) is 22.6. The lowest BCUT2D eigenvalue weighted by Crippen LogP contribution is -2.42. The van der Waals surface area contributed by atoms with E-state index in [2.05, 4.69) is 15.9 Å². The number of aliphatic hydroxyl groups is 1. The number of benzene rings is 3. The van der Waals surface area contributed by atoms with E-state index in [1.807, 2.05) is 71.6 Å². The fourth-order valence-corrected chi connectivity index (χ4v) is 5.20. The van der Waals surface area contributed by atoms with Crippen molar-refractivity contribution in [3.63, 3.8) is 0 Å². The molecule has 4 nitrogen and oxygen atoms in total. The fraction of sp³-hybridized carbons (Fsp3) is 0.143. The second-order valence-corrected chi connectivity index (χ2v) is 9.76. The highest BCUT2D eigenvalue weighted by Gasteiger charge is 2.43. The molecule has 1 aliphatic heterocycles. The number of anilines is 1. The van der Waals surface area contributed by atoms with Gasteiger partial charge in [0.05, 0.1) is 0 Å². The van der Waals surface area contributed by atoms with Gasteiger partial charge in [-0.1, -0.05) is 70.0 Å². The highest BCUT2D eigenvalue weighted by atomic mass is 79.9. The molecule has 0 saturated heterocycles. The number of rotatable bonds is 3. The van der Waals surface area contributed by atoms with Gasteiger partial charge < -0.3 is 5.11 Å². The predicted molar refractivity (Wildman–Crippen MR) is 140 cm³/mol. The summed E-state index contributed by atoms with van der Waals surface area (Å²) in [5.74, 6) is -0.344. The molecule has 6 heteroatoms. The number of ketones is 1. The Morgan fingerprint density at radius 1 is 0.971 bits per heavy atom. The summed E-state index contributed by atoms with van der Waals surface area (Å²) in [6.07, 6.45) is 1.86. The summed E-state index contributed by atoms with van der Waals surface area (Å²) in [4.78, 5) is 15.2. The van der Waals surface area contributed by atoms with Gasteiger partial charge in [0.25, 0.3) is 0 Å². The molecule has 2 N–H and O–H groups in total. The molecule has 3 aromatic carbocycles. The van der Waals surface area contributed by atoms with Crippen molar-refractivity contribution >= 4 is 50.6 Å². The van der Waals surface area contributed by atoms with Crippen LogP contribution in [0.5, 0.6) is 0 Å². The fourth-order valence-electron chi connectivity index (χ4n) is 4.81. The Hall–Kier alpha value is -3.15. The number of aliphatic hydroxyl groups excluding tert-OH is 1. The van der Waals surface area contributed by atoms with Gasteiger partial charge in [-0.05, 0) is 54.8 Å². The van der Waals surface area contributed by atoms with Crippen LogP contribution in [0.25, 0.3) is 5.76 Å². The lowest BCUT2D eigenvalue weighted by Gasteiger charge is -2.41. The van der Waals surface area contributed by atoms with Crippen LogP contribution in [0.3, 0.4) is 0 Å². The van der Waals surface area contributed by atoms with Crippen LogP contribution < -0.4 is 4.90 Å². The van der Waals surface area contributed by atoms with Crippen LogP contribution in [0.1, 0.15) is 36.3 Å². The molecule has 0 unspecified atom stereocenters. The van der Waals surface area contributed by atoms with Gasteiger partial charge in [0.15, 0.2) is 5.78 Å². The molecule has 0 spiro atoms. The molecule has 5 rings (SSSR count). The number of hydrogen-bond acceptors (Lipinski definition) is 3. The van der Waals surface area contributed by atoms with E-state index in [1.54, 1.807) is 12.1 Å². The molecular formula is C28H22BrClN2O2. The van der Waals surface area contributed by atoms with E-state index < -0.39 is 5.92 Å². The molecule has 0 radical (unpaired) electrons. The summed E-state index contributed by atoms with van der Waals surface area (Å²) < 4.78 is 0.927. The molecule has 0 saturated carbocycles. The molecule has 2 aliphatic rings. The van der Waals surface area contributed by atoms with Crippen molar-refractivity contribution in [3.05, 3.63) is 116 Å². The number of Topliss-reactive ketones (excluding diaryl/α,β-unsaturated/α-hetero) is 1. The number of carbonyl (C=O) groups is 1. The molecule has 1 aliphatic carbocycles. The third kappa shape index (κ3) is 3.99. The van der Waals surface area contributed by atoms with Crippen molar-refractivity contribution in [2.24, 2.45) is 0 Å². The molecule has 170 valence electrons. The summed E-state index contributed by atoms with van der Waals surface area (Å²) in [6.45, 7) is 0. The standard InChI is InChI=1S/C28H22BrClN2O2/c29-19-11-15-21(16-12-19)32-22-7-4-8-23(33)25(22)24(17-9-13-20(30)14-10-17)26(28(32)31)27(34)18-5-2-1-3-6-18/h1-3,5-6,9-16,24,31,34H,4,7-8H2/b27-26+,31-28?/t24-/m0/s1. The number of carbonyl (C=O) groups excluding carboxylic acids is 1. The number of hydrogen-bond donors (Lipinski definition) is 2. The van der Waals surface area contributed by atoms with E-state index in [9.17, 15) is 15.3 Å². The smallest absolute Gasteiger partial charge is 0.161 e. The van der Waals surface area contributed by atoms with E-state index >= 15 is 0 Å². The number of allylic oxidation sites excluding steroid dienone is 2. The van der Waals surface area contributed by atoms with Gasteiger partial charge in [-0.15, -0.1) is 0 Å². The molecule has 0 aromatic heterocycles. The van der Waals surface area contributed by atoms with Gasteiger partial charge in [-0.25, -0.2) is 0 Å². The van der Waals surface area contributed by atoms with Crippen LogP contribution >= 0.6 is 27.5 Å². The molecule has 0 fully saturated rings. The van der Waals surface area contributed by atoms with E-state index in [4.69, 9.17) is 11.6 Å². The molecule has 1 heterocycles. The predicted octanol–water partition coefficient (Wildman–Crippen LogP) is 7.66. The number of nitrogens with one attached hydrogen (secondary N) is 1. The first-order valence-corrected chi connectivity index (χ1v) is 12.3. The first-order valence-electron chi connectivity index (χ1n) is 11.1. The van der Waals surface area contributed by atoms with Gasteiger partial charge in [0.1, 0.15) is 11.6 Å². The van der Waals surface area contributed by atoms with Gasteiger partial charge in [-0.2, -0.15) is 0 Å². The van der Waals surface area contributed by atoms with E-state index in [0.717, 1.165) is 27.8 Å². The largest absolute Gasteiger partial charge is 0.507 e. The molecule has 0 bridgehead atoms. The minimum atomic E-state index is -0.556. The molecule has 0 amide bonds. The van der Waals surface area contributed by atoms with Crippen molar-refractivity contribution in [1.29, 1.82) is 5.41 Å². The normalized spacial score (nSPS) is 19.8. The Kier molecular flexibility index (Phi) is 6.15. The second kappa shape index (κ2) is 9.24. The average Bonchev–Trinajstić information content (AvgIpc) is 2.85. The van der Waals surface area contributed by atoms with Crippen LogP contribution in [-0.4, -0.2) is 16.7 Å². The summed E-state index contributed by atoms with van der Waals surface area (Å²) in [5.41, 5.74) is 4.08. The van der Waals surface area contributed by atoms with Gasteiger partial charge in [0, 0.05) is 49.9 Å². The Balaban J connectivity index is 1.82. The van der Waals surface area contributed by atoms with Gasteiger partial charge >= 0.3 is 0 Å². The van der Waals surface area contributed by atoms with E-state index in [0.29, 0.717) is 34.6 Å². The summed E-state index contributed by atoms with van der Waals surface area (Å²) in [7, 11) is 0. The minimum Gasteiger partial charge on any atom is -0.507 e. The summed E-state index contributed by atoms with van der Waals surface area (Å²) in [6, 6.07) is 24.2. The zero-order valence-corrected chi connectivity index (χ0v) is 20.6. The Morgan fingerprint density at radius 2 is 1.65 bits per heavy atom. The van der Waals surface area contributed by atoms with Crippen molar-refractivity contribution in [2.75, 3.05) is 4.90 Å². The topological polar surface area (TPSA) is 64.4 Å². The van der Waals surface area contributed by atoms with E-state index in [-0.39, 0.29) is 17.4 Å². The lowest BCUT2D eigenvalue weighted by atomic mass is 9.73. The lowest BCUT2D eigenvalue weighted by molar-refractivity contribution is -0.116. The Labute approximate surface area is 211 Å². The van der Waals surface area contributed by atoms with Crippen molar-refractivity contribution in [1.82, 2.24) is 0 Å². The number of halogens is 2. The van der Waals surface area contributed by atoms with Crippen LogP contribution in [0, 0.1) is 5.41 Å². The maximum Gasteiger partial charge on any atom is 0.161 e. The quantitative estimate of drug-likeness (QED) is 0.340. The average molecular weight is 534 g/mol. The van der Waals surface area contributed by atoms with Crippen molar-refractivity contribution in [2.45, 2.75) is 25.2 Å². The first-order chi connectivity index (χ1) is 16.5. The van der Waals surface area contributed by atoms with Crippen molar-refractivity contribution < 1.29 is 9.90 Å². The molecule has 34 heavy (non-hydrogen) atoms. The molecule has 3 aromatic rings. The van der Waals surface area contributed by atoms with Crippen LogP contribution in [0.15, 0.2) is 100 Å². The molecule has 1 atom stereocenters. The van der Waals surface area contributed by atoms with E-state index in [1.165, 1.54) is 0 Å². The third-order valence-electron chi connectivity index (χ3n) is 6.35. The van der Waals surface area contributed by atoms with Crippen LogP contribution in [-0.2, 0) is 4.79 Å². The van der Waals surface area contributed by atoms with Crippen LogP contribution in [0.4, 0.5) is 5.69 Å². The second-order valence-electron chi connectivity index (χ2n) is 8.41. The monoisotopic (exact) mass is 532 g/mol. The van der Waals surface area contributed by atoms with Gasteiger partial charge in [-0.3, -0.25) is 15.1 Å². The van der Waals surface area contributed by atoms with Crippen molar-refractivity contribution in [3.8, 4) is 0 Å². The summed E-state index contributed by atoms with van der Waals surface area (Å²) in [5, 5.41) is 21.4. The maximum atomic E-state index is 13.4. The number of nitrogens with zero attached hydrogens (tertiary/aromatic N) is 1. The minimum absolute atomic E-state index is 0.00224. The SMILES string of the molecule is N=C1/C(=C(/O)c2ccccc2)[C@@H](c2ccc(Cl)cc2)C2=C(CCCC2=O)N1c1ccc(Br)cc1. The van der Waals surface area contributed by atoms with Gasteiger partial charge in [0.2, 0.25) is 0 Å². The highest BCUT2D eigenvalue weighted by molar-refractivity contribution is 9.10.